The van der Waals surface area contributed by atoms with E-state index in [-0.39, 0.29) is 24.8 Å². The molecule has 0 aromatic rings. The molecule has 29 heavy (non-hydrogen) atoms. The summed E-state index contributed by atoms with van der Waals surface area (Å²) in [6.07, 6.45) is 32.7. The zero-order valence-corrected chi connectivity index (χ0v) is 21.1. The fraction of sp³-hybridized carbons (Fsp3) is 0.846. The van der Waals surface area contributed by atoms with Gasteiger partial charge in [-0.05, 0) is 99.7 Å². The van der Waals surface area contributed by atoms with Gasteiger partial charge in [-0.1, -0.05) is 64.8 Å². The minimum atomic E-state index is 0. The number of allylic oxidation sites excluding steroid dienone is 4. The van der Waals surface area contributed by atoms with E-state index in [1.54, 1.807) is 64.2 Å². The van der Waals surface area contributed by atoms with Crippen molar-refractivity contribution in [1.82, 2.24) is 0 Å². The minimum absolute atomic E-state index is 0. The van der Waals surface area contributed by atoms with Crippen LogP contribution in [-0.4, -0.2) is 22.6 Å². The first-order valence-corrected chi connectivity index (χ1v) is 14.0. The molecule has 0 aromatic carbocycles. The van der Waals surface area contributed by atoms with E-state index in [0.717, 1.165) is 0 Å². The molecule has 0 aromatic heterocycles. The van der Waals surface area contributed by atoms with Crippen LogP contribution in [0, 0.1) is 0 Å². The Labute approximate surface area is 191 Å². The Hall–Kier alpha value is 0.770. The second kappa shape index (κ2) is 18.4. The number of fused-ring (bicyclic) bond motifs is 4. The van der Waals surface area contributed by atoms with E-state index >= 15 is 0 Å². The van der Waals surface area contributed by atoms with Gasteiger partial charge in [0.15, 0.2) is 0 Å². The molecule has 3 unspecified atom stereocenters. The molecular weight excluding hydrogens is 405 g/mol. The van der Waals surface area contributed by atoms with E-state index in [0.29, 0.717) is 0 Å². The van der Waals surface area contributed by atoms with Crippen LogP contribution >= 0.6 is 27.1 Å². The summed E-state index contributed by atoms with van der Waals surface area (Å²) in [5.74, 6) is 0. The summed E-state index contributed by atoms with van der Waals surface area (Å²) in [4.78, 5) is 0. The van der Waals surface area contributed by atoms with Gasteiger partial charge in [0.1, 0.15) is 0 Å². The van der Waals surface area contributed by atoms with Crippen LogP contribution in [0.15, 0.2) is 24.3 Å². The molecule has 5 aliphatic rings. The summed E-state index contributed by atoms with van der Waals surface area (Å²) in [7, 11) is 2.71. The highest BCUT2D eigenvalue weighted by Crippen LogP contribution is 2.47. The maximum absolute atomic E-state index is 2.27. The summed E-state index contributed by atoms with van der Waals surface area (Å²) < 4.78 is 0. The molecule has 0 N–H and O–H groups in total. The molecular formula is C26H53P3. The summed E-state index contributed by atoms with van der Waals surface area (Å²) in [6, 6.07) is 0. The summed E-state index contributed by atoms with van der Waals surface area (Å²) in [5.41, 5.74) is 4.71. The molecule has 0 saturated carbocycles. The average Bonchev–Trinajstić information content (AvgIpc) is 2.93. The van der Waals surface area contributed by atoms with Crippen molar-refractivity contribution in [3.63, 3.8) is 0 Å². The predicted molar refractivity (Wildman–Crippen MR) is 149 cm³/mol. The van der Waals surface area contributed by atoms with E-state index in [1.807, 2.05) is 0 Å². The average molecular weight is 459 g/mol. The maximum atomic E-state index is 2.27. The van der Waals surface area contributed by atoms with Gasteiger partial charge in [0.05, 0.1) is 0 Å². The van der Waals surface area contributed by atoms with Crippen LogP contribution in [0.1, 0.15) is 118 Å². The maximum Gasteiger partial charge on any atom is -0.0234 e. The van der Waals surface area contributed by atoms with Crippen molar-refractivity contribution in [2.45, 2.75) is 140 Å². The van der Waals surface area contributed by atoms with E-state index in [9.17, 15) is 0 Å². The summed E-state index contributed by atoms with van der Waals surface area (Å²) >= 11 is 0. The zero-order valence-electron chi connectivity index (χ0n) is 17.6. The molecule has 0 amide bonds. The Kier molecular flexibility index (Phi) is 18.8. The van der Waals surface area contributed by atoms with Gasteiger partial charge in [0.2, 0.25) is 0 Å². The van der Waals surface area contributed by atoms with Crippen LogP contribution in [0.4, 0.5) is 0 Å². The number of hydrogen-bond donors (Lipinski definition) is 0. The van der Waals surface area contributed by atoms with Gasteiger partial charge in [-0.25, -0.2) is 0 Å². The topological polar surface area (TPSA) is 0 Å². The SMILES string of the molecule is C.C.C1=CCC/C=C\CC1.C1CC2CCCC(C1)P2.C1CCC2CCC(C1)P2.P. The van der Waals surface area contributed by atoms with Crippen LogP contribution in [0.25, 0.3) is 0 Å². The van der Waals surface area contributed by atoms with E-state index in [1.165, 1.54) is 78.3 Å². The third-order valence-corrected chi connectivity index (χ3v) is 10.9. The highest BCUT2D eigenvalue weighted by Gasteiger charge is 2.26. The zero-order chi connectivity index (χ0) is 17.9. The van der Waals surface area contributed by atoms with Gasteiger partial charge in [-0.2, -0.15) is 9.90 Å². The molecule has 1 aliphatic carbocycles. The third kappa shape index (κ3) is 12.4. The second-order valence-electron chi connectivity index (χ2n) is 8.94. The fourth-order valence-corrected chi connectivity index (χ4v) is 9.40. The molecule has 5 rings (SSSR count). The van der Waals surface area contributed by atoms with Crippen molar-refractivity contribution in [3.8, 4) is 0 Å². The van der Waals surface area contributed by atoms with Gasteiger partial charge >= 0.3 is 0 Å². The Morgan fingerprint density at radius 2 is 0.690 bits per heavy atom. The first-order valence-electron chi connectivity index (χ1n) is 11.7. The molecule has 4 aliphatic heterocycles. The van der Waals surface area contributed by atoms with Crippen molar-refractivity contribution in [2.75, 3.05) is 0 Å². The van der Waals surface area contributed by atoms with E-state index < -0.39 is 0 Å². The first-order chi connectivity index (χ1) is 12.9. The lowest BCUT2D eigenvalue weighted by molar-refractivity contribution is 0.483. The molecule has 3 atom stereocenters. The highest BCUT2D eigenvalue weighted by molar-refractivity contribution is 7.40. The second-order valence-corrected chi connectivity index (χ2v) is 12.9. The van der Waals surface area contributed by atoms with Crippen LogP contribution in [-0.2, 0) is 0 Å². The summed E-state index contributed by atoms with van der Waals surface area (Å²) in [5, 5.41) is 0. The van der Waals surface area contributed by atoms with Crippen molar-refractivity contribution >= 4 is 27.1 Å². The quantitative estimate of drug-likeness (QED) is 0.250. The standard InChI is InChI=1S/2C8H15P.C8H12.2CH4.H3P/c1-3-7-5-2-6-8(4-1)9-7;1-2-4-8-6-5-7(3-1)9-8;1-2-4-6-8-7-5-3-1;;;/h2*7-9H,1-6H2;1-2,7-8H,3-6H2;2*1H4;1H3/b;;2-1-,8-7?;;;. The smallest absolute Gasteiger partial charge is 0.0234 e. The number of hydrogen-bond acceptors (Lipinski definition) is 0. The van der Waals surface area contributed by atoms with E-state index in [2.05, 4.69) is 24.3 Å². The van der Waals surface area contributed by atoms with Gasteiger partial charge in [0, 0.05) is 0 Å². The van der Waals surface area contributed by atoms with Gasteiger partial charge < -0.3 is 0 Å². The Balaban J connectivity index is 0.000000387. The van der Waals surface area contributed by atoms with Crippen LogP contribution < -0.4 is 0 Å². The van der Waals surface area contributed by atoms with Crippen LogP contribution in [0.3, 0.4) is 0 Å². The lowest BCUT2D eigenvalue weighted by atomic mass is 9.99. The lowest BCUT2D eigenvalue weighted by Gasteiger charge is -2.34. The molecule has 4 fully saturated rings. The normalized spacial score (nSPS) is 34.8. The molecule has 3 heteroatoms. The molecule has 4 heterocycles. The predicted octanol–water partition coefficient (Wildman–Crippen LogP) is 9.54. The fourth-order valence-electron chi connectivity index (χ4n) is 5.17. The Morgan fingerprint density at radius 1 is 0.414 bits per heavy atom. The van der Waals surface area contributed by atoms with Crippen molar-refractivity contribution < 1.29 is 0 Å². The monoisotopic (exact) mass is 458 g/mol. The molecule has 4 saturated heterocycles. The molecule has 4 bridgehead atoms. The minimum Gasteiger partial charge on any atom is -0.153 e. The molecule has 0 radical (unpaired) electrons. The molecule has 0 nitrogen and oxygen atoms in total. The molecule has 0 spiro atoms. The first kappa shape index (κ1) is 29.8. The van der Waals surface area contributed by atoms with Gasteiger partial charge in [-0.3, -0.25) is 0 Å². The van der Waals surface area contributed by atoms with Gasteiger partial charge in [-0.15, -0.1) is 17.2 Å². The van der Waals surface area contributed by atoms with E-state index in [4.69, 9.17) is 0 Å². The van der Waals surface area contributed by atoms with Crippen LogP contribution in [0.5, 0.6) is 0 Å². The molecule has 172 valence electrons. The highest BCUT2D eigenvalue weighted by atomic mass is 31.1. The van der Waals surface area contributed by atoms with Gasteiger partial charge in [0.25, 0.3) is 0 Å². The Morgan fingerprint density at radius 3 is 1.03 bits per heavy atom. The largest absolute Gasteiger partial charge is 0.153 e. The lowest BCUT2D eigenvalue weighted by Crippen LogP contribution is -2.20. The van der Waals surface area contributed by atoms with Crippen LogP contribution in [0.2, 0.25) is 0 Å². The summed E-state index contributed by atoms with van der Waals surface area (Å²) in [6.45, 7) is 0. The number of rotatable bonds is 0. The van der Waals surface area contributed by atoms with Crippen molar-refractivity contribution in [2.24, 2.45) is 0 Å². The third-order valence-electron chi connectivity index (χ3n) is 6.71. The van der Waals surface area contributed by atoms with Crippen molar-refractivity contribution in [3.05, 3.63) is 24.3 Å². The Bertz CT molecular complexity index is 366. The van der Waals surface area contributed by atoms with Crippen molar-refractivity contribution in [1.29, 1.82) is 0 Å².